The molecule has 25 heavy (non-hydrogen) atoms. The molecule has 138 valence electrons. The van der Waals surface area contributed by atoms with Crippen LogP contribution in [0.5, 0.6) is 5.88 Å². The second-order valence-corrected chi connectivity index (χ2v) is 6.78. The molecule has 1 atom stereocenters. The van der Waals surface area contributed by atoms with Crippen molar-refractivity contribution in [3.05, 3.63) is 23.9 Å². The zero-order chi connectivity index (χ0) is 17.6. The fourth-order valence-electron chi connectivity index (χ4n) is 3.37. The van der Waals surface area contributed by atoms with Crippen LogP contribution in [0, 0.1) is 5.92 Å². The highest BCUT2D eigenvalue weighted by Crippen LogP contribution is 2.38. The molecule has 1 aliphatic heterocycles. The Kier molecular flexibility index (Phi) is 6.23. The largest absolute Gasteiger partial charge is 0.481 e. The molecule has 0 spiro atoms. The van der Waals surface area contributed by atoms with E-state index in [-0.39, 0.29) is 24.0 Å². The normalized spacial score (nSPS) is 25.0. The minimum atomic E-state index is -0.266. The van der Waals surface area contributed by atoms with E-state index in [4.69, 9.17) is 9.57 Å². The summed E-state index contributed by atoms with van der Waals surface area (Å²) >= 11 is 0. The highest BCUT2D eigenvalue weighted by atomic mass is 16.7. The lowest BCUT2D eigenvalue weighted by atomic mass is 9.75. The van der Waals surface area contributed by atoms with Crippen molar-refractivity contribution in [1.29, 1.82) is 0 Å². The fourth-order valence-corrected chi connectivity index (χ4v) is 3.37. The molecule has 0 bridgehead atoms. The Balaban J connectivity index is 1.57. The van der Waals surface area contributed by atoms with E-state index in [9.17, 15) is 9.90 Å². The quantitative estimate of drug-likeness (QED) is 0.775. The number of carbonyl (C=O) groups is 1. The van der Waals surface area contributed by atoms with Crippen molar-refractivity contribution in [3.63, 3.8) is 0 Å². The van der Waals surface area contributed by atoms with Crippen molar-refractivity contribution in [2.45, 2.75) is 44.2 Å². The van der Waals surface area contributed by atoms with Gasteiger partial charge in [0.25, 0.3) is 0 Å². The summed E-state index contributed by atoms with van der Waals surface area (Å²) in [6, 6.07) is 3.59. The van der Waals surface area contributed by atoms with Crippen molar-refractivity contribution in [1.82, 2.24) is 15.4 Å². The molecule has 3 rings (SSSR count). The molecule has 2 N–H and O–H groups in total. The highest BCUT2D eigenvalue weighted by molar-refractivity contribution is 5.76. The summed E-state index contributed by atoms with van der Waals surface area (Å²) < 4.78 is 5.10. The maximum atomic E-state index is 12.4. The third-order valence-electron chi connectivity index (χ3n) is 4.93. The van der Waals surface area contributed by atoms with Crippen LogP contribution in [-0.4, -0.2) is 54.0 Å². The van der Waals surface area contributed by atoms with Gasteiger partial charge in [-0.15, -0.1) is 0 Å². The average molecular weight is 349 g/mol. The van der Waals surface area contributed by atoms with Crippen molar-refractivity contribution < 1.29 is 19.5 Å². The second-order valence-electron chi connectivity index (χ2n) is 6.78. The number of hydrogen-bond donors (Lipinski definition) is 2. The van der Waals surface area contributed by atoms with E-state index in [1.165, 1.54) is 0 Å². The lowest BCUT2D eigenvalue weighted by Gasteiger charge is -2.38. The smallest absolute Gasteiger partial charge is 0.221 e. The lowest BCUT2D eigenvalue weighted by Crippen LogP contribution is -2.42. The average Bonchev–Trinajstić information content (AvgIpc) is 2.63. The molecule has 1 aromatic heterocycles. The van der Waals surface area contributed by atoms with Crippen LogP contribution >= 0.6 is 0 Å². The number of aromatic nitrogens is 1. The summed E-state index contributed by atoms with van der Waals surface area (Å²) in [6.07, 6.45) is 5.47. The molecule has 2 fully saturated rings. The third-order valence-corrected chi connectivity index (χ3v) is 4.93. The summed E-state index contributed by atoms with van der Waals surface area (Å²) in [5.41, 5.74) is 0.945. The number of nitrogens with zero attached hydrogens (tertiary/aromatic N) is 2. The highest BCUT2D eigenvalue weighted by Gasteiger charge is 2.35. The number of hydroxylamine groups is 2. The number of methoxy groups -OCH3 is 1. The predicted octanol–water partition coefficient (Wildman–Crippen LogP) is 1.44. The van der Waals surface area contributed by atoms with Gasteiger partial charge in [0, 0.05) is 31.8 Å². The molecule has 1 aromatic rings. The van der Waals surface area contributed by atoms with E-state index in [0.29, 0.717) is 31.7 Å². The fraction of sp³-hybridized carbons (Fsp3) is 0.667. The third kappa shape index (κ3) is 4.90. The predicted molar refractivity (Wildman–Crippen MR) is 91.8 cm³/mol. The van der Waals surface area contributed by atoms with Crippen LogP contribution in [0.2, 0.25) is 0 Å². The molecular formula is C18H27N3O4. The first kappa shape index (κ1) is 18.1. The van der Waals surface area contributed by atoms with Crippen molar-refractivity contribution in [2.75, 3.05) is 26.8 Å². The van der Waals surface area contributed by atoms with Gasteiger partial charge in [-0.1, -0.05) is 6.07 Å². The van der Waals surface area contributed by atoms with Crippen LogP contribution in [0.4, 0.5) is 0 Å². The van der Waals surface area contributed by atoms with Crippen LogP contribution in [-0.2, 0) is 9.63 Å². The molecule has 2 heterocycles. The van der Waals surface area contributed by atoms with Crippen LogP contribution in [0.15, 0.2) is 18.3 Å². The standard InChI is InChI=1S/C18H27N3O4/c1-24-17-5-4-13(12-19-17)18(14-10-15(22)11-14)20-16(23)6-8-21-7-2-3-9-25-21/h4-5,12,14-15,18,22H,2-3,6-11H2,1H3,(H,20,23). The molecule has 0 radical (unpaired) electrons. The van der Waals surface area contributed by atoms with Gasteiger partial charge in [0.05, 0.1) is 25.9 Å². The van der Waals surface area contributed by atoms with Gasteiger partial charge >= 0.3 is 0 Å². The molecule has 2 aliphatic rings. The lowest BCUT2D eigenvalue weighted by molar-refractivity contribution is -0.181. The number of carbonyl (C=O) groups excluding carboxylic acids is 1. The second kappa shape index (κ2) is 8.60. The molecule has 1 unspecified atom stereocenters. The number of aliphatic hydroxyl groups excluding tert-OH is 1. The molecule has 0 aromatic carbocycles. The number of aliphatic hydroxyl groups is 1. The van der Waals surface area contributed by atoms with Gasteiger partial charge in [0.1, 0.15) is 0 Å². The summed E-state index contributed by atoms with van der Waals surface area (Å²) in [6.45, 7) is 2.22. The Morgan fingerprint density at radius 3 is 2.92 bits per heavy atom. The van der Waals surface area contributed by atoms with Crippen LogP contribution in [0.1, 0.15) is 43.7 Å². The van der Waals surface area contributed by atoms with Crippen molar-refractivity contribution in [3.8, 4) is 5.88 Å². The number of pyridine rings is 1. The minimum Gasteiger partial charge on any atom is -0.481 e. The van der Waals surface area contributed by atoms with Crippen molar-refractivity contribution >= 4 is 5.91 Å². The first-order valence-electron chi connectivity index (χ1n) is 9.01. The van der Waals surface area contributed by atoms with Gasteiger partial charge in [0.2, 0.25) is 11.8 Å². The Morgan fingerprint density at radius 1 is 1.48 bits per heavy atom. The van der Waals surface area contributed by atoms with E-state index in [1.54, 1.807) is 19.4 Å². The maximum Gasteiger partial charge on any atom is 0.221 e. The number of rotatable bonds is 7. The van der Waals surface area contributed by atoms with Crippen LogP contribution in [0.25, 0.3) is 0 Å². The zero-order valence-corrected chi connectivity index (χ0v) is 14.7. The van der Waals surface area contributed by atoms with E-state index in [0.717, 1.165) is 31.6 Å². The summed E-state index contributed by atoms with van der Waals surface area (Å²) in [7, 11) is 1.58. The Hall–Kier alpha value is -1.70. The Bertz CT molecular complexity index is 554. The summed E-state index contributed by atoms with van der Waals surface area (Å²) in [5.74, 6) is 0.779. The summed E-state index contributed by atoms with van der Waals surface area (Å²) in [5, 5.41) is 14.6. The number of hydrogen-bond acceptors (Lipinski definition) is 6. The van der Waals surface area contributed by atoms with Crippen molar-refractivity contribution in [2.24, 2.45) is 5.92 Å². The van der Waals surface area contributed by atoms with E-state index in [2.05, 4.69) is 10.3 Å². The zero-order valence-electron chi connectivity index (χ0n) is 14.7. The minimum absolute atomic E-state index is 0.00335. The summed E-state index contributed by atoms with van der Waals surface area (Å²) in [4.78, 5) is 22.2. The molecule has 7 heteroatoms. The van der Waals surface area contributed by atoms with Gasteiger partial charge in [-0.05, 0) is 37.2 Å². The molecule has 1 amide bonds. The SMILES string of the molecule is COc1ccc(C(NC(=O)CCN2CCCCO2)C2CC(O)C2)cn1. The Labute approximate surface area is 148 Å². The molecule has 7 nitrogen and oxygen atoms in total. The first-order valence-corrected chi connectivity index (χ1v) is 9.01. The molecule has 1 saturated heterocycles. The molecule has 1 saturated carbocycles. The van der Waals surface area contributed by atoms with Crippen LogP contribution in [0.3, 0.4) is 0 Å². The molecular weight excluding hydrogens is 322 g/mol. The number of amides is 1. The van der Waals surface area contributed by atoms with E-state index in [1.807, 2.05) is 11.1 Å². The number of ether oxygens (including phenoxy) is 1. The monoisotopic (exact) mass is 349 g/mol. The van der Waals surface area contributed by atoms with Gasteiger partial charge < -0.3 is 15.2 Å². The molecule has 1 aliphatic carbocycles. The topological polar surface area (TPSA) is 83.9 Å². The van der Waals surface area contributed by atoms with Gasteiger partial charge in [0.15, 0.2) is 0 Å². The van der Waals surface area contributed by atoms with Crippen LogP contribution < -0.4 is 10.1 Å². The van der Waals surface area contributed by atoms with E-state index >= 15 is 0 Å². The maximum absolute atomic E-state index is 12.4. The van der Waals surface area contributed by atoms with Gasteiger partial charge in [-0.2, -0.15) is 5.06 Å². The van der Waals surface area contributed by atoms with Gasteiger partial charge in [-0.3, -0.25) is 9.63 Å². The van der Waals surface area contributed by atoms with Gasteiger partial charge in [-0.25, -0.2) is 4.98 Å². The number of nitrogens with one attached hydrogen (secondary N) is 1. The Morgan fingerprint density at radius 2 is 2.32 bits per heavy atom. The van der Waals surface area contributed by atoms with E-state index < -0.39 is 0 Å². The first-order chi connectivity index (χ1) is 12.2.